The minimum Gasteiger partial charge on any atom is -0.478 e. The van der Waals surface area contributed by atoms with E-state index in [0.717, 1.165) is 6.07 Å². The molecule has 0 aliphatic heterocycles. The summed E-state index contributed by atoms with van der Waals surface area (Å²) in [4.78, 5) is 23.3. The maximum Gasteiger partial charge on any atom is 0.338 e. The van der Waals surface area contributed by atoms with Crippen LogP contribution in [-0.4, -0.2) is 27.8 Å². The van der Waals surface area contributed by atoms with Gasteiger partial charge in [0.2, 0.25) is 5.91 Å². The quantitative estimate of drug-likeness (QED) is 0.839. The van der Waals surface area contributed by atoms with Gasteiger partial charge in [0, 0.05) is 10.4 Å². The molecule has 0 bridgehead atoms. The van der Waals surface area contributed by atoms with Crippen molar-refractivity contribution in [2.75, 3.05) is 0 Å². The molecule has 0 spiro atoms. The van der Waals surface area contributed by atoms with Crippen LogP contribution in [0.2, 0.25) is 0 Å². The predicted molar refractivity (Wildman–Crippen MR) is 76.6 cm³/mol. The van der Waals surface area contributed by atoms with Gasteiger partial charge in [0.05, 0.1) is 10.8 Å². The molecular weight excluding hydrogens is 281 g/mol. The predicted octanol–water partition coefficient (Wildman–Crippen LogP) is 2.92. The highest BCUT2D eigenvalue weighted by atomic mass is 32.2. The summed E-state index contributed by atoms with van der Waals surface area (Å²) in [6, 6.07) is 3.80. The second-order valence-electron chi connectivity index (χ2n) is 5.45. The van der Waals surface area contributed by atoms with Gasteiger partial charge in [0.1, 0.15) is 5.82 Å². The van der Waals surface area contributed by atoms with Crippen LogP contribution in [0.5, 0.6) is 0 Å². The highest BCUT2D eigenvalue weighted by Gasteiger charge is 2.21. The largest absolute Gasteiger partial charge is 0.478 e. The van der Waals surface area contributed by atoms with E-state index in [1.807, 2.05) is 20.8 Å². The topological polar surface area (TPSA) is 66.4 Å². The molecule has 0 aliphatic carbocycles. The van der Waals surface area contributed by atoms with Gasteiger partial charge >= 0.3 is 5.97 Å². The number of benzene rings is 1. The number of carbonyl (C=O) groups is 2. The van der Waals surface area contributed by atoms with Crippen LogP contribution >= 0.6 is 11.8 Å². The van der Waals surface area contributed by atoms with Crippen LogP contribution in [0, 0.1) is 5.82 Å². The normalized spacial score (nSPS) is 12.8. The zero-order valence-electron chi connectivity index (χ0n) is 11.9. The van der Waals surface area contributed by atoms with Crippen molar-refractivity contribution >= 4 is 23.6 Å². The average molecular weight is 299 g/mol. The van der Waals surface area contributed by atoms with Crippen LogP contribution in [0.1, 0.15) is 38.1 Å². The van der Waals surface area contributed by atoms with Crippen LogP contribution in [-0.2, 0) is 4.79 Å². The van der Waals surface area contributed by atoms with E-state index >= 15 is 0 Å². The molecule has 1 unspecified atom stereocenters. The van der Waals surface area contributed by atoms with Gasteiger partial charge in [-0.2, -0.15) is 0 Å². The lowest BCUT2D eigenvalue weighted by Crippen LogP contribution is -2.44. The van der Waals surface area contributed by atoms with Gasteiger partial charge < -0.3 is 10.4 Å². The van der Waals surface area contributed by atoms with Gasteiger partial charge in [-0.1, -0.05) is 0 Å². The third-order valence-electron chi connectivity index (χ3n) is 2.35. The Balaban J connectivity index is 2.81. The molecule has 4 nitrogen and oxygen atoms in total. The van der Waals surface area contributed by atoms with Gasteiger partial charge in [-0.05, 0) is 45.9 Å². The zero-order valence-corrected chi connectivity index (χ0v) is 12.7. The molecule has 110 valence electrons. The summed E-state index contributed by atoms with van der Waals surface area (Å²) in [5.74, 6) is -2.26. The molecule has 0 saturated heterocycles. The second-order valence-corrected chi connectivity index (χ2v) is 6.86. The van der Waals surface area contributed by atoms with Gasteiger partial charge in [0.25, 0.3) is 0 Å². The van der Waals surface area contributed by atoms with Crippen molar-refractivity contribution in [3.63, 3.8) is 0 Å². The summed E-state index contributed by atoms with van der Waals surface area (Å²) in [5, 5.41) is 11.3. The van der Waals surface area contributed by atoms with Crippen molar-refractivity contribution in [2.45, 2.75) is 43.4 Å². The standard InChI is InChI=1S/C14H18FNO3S/c1-8(12(17)16-14(2,3)4)20-9-5-6-11(15)10(7-9)13(18)19/h5-8H,1-4H3,(H,16,17)(H,18,19). The molecule has 20 heavy (non-hydrogen) atoms. The number of carboxylic acid groups (broad SMARTS) is 1. The van der Waals surface area contributed by atoms with E-state index in [2.05, 4.69) is 5.32 Å². The summed E-state index contributed by atoms with van der Waals surface area (Å²) < 4.78 is 13.3. The molecule has 1 amide bonds. The van der Waals surface area contributed by atoms with E-state index in [-0.39, 0.29) is 11.4 Å². The van der Waals surface area contributed by atoms with Crippen molar-refractivity contribution in [2.24, 2.45) is 0 Å². The number of aromatic carboxylic acids is 1. The summed E-state index contributed by atoms with van der Waals surface area (Å²) >= 11 is 1.19. The summed E-state index contributed by atoms with van der Waals surface area (Å²) in [6.07, 6.45) is 0. The number of rotatable bonds is 4. The first-order chi connectivity index (χ1) is 9.10. The molecule has 1 atom stereocenters. The Morgan fingerprint density at radius 2 is 1.95 bits per heavy atom. The van der Waals surface area contributed by atoms with E-state index in [9.17, 15) is 14.0 Å². The maximum absolute atomic E-state index is 13.3. The highest BCUT2D eigenvalue weighted by Crippen LogP contribution is 2.25. The van der Waals surface area contributed by atoms with Gasteiger partial charge in [0.15, 0.2) is 0 Å². The van der Waals surface area contributed by atoms with Crippen LogP contribution in [0.25, 0.3) is 0 Å². The number of nitrogens with one attached hydrogen (secondary N) is 1. The van der Waals surface area contributed by atoms with E-state index in [1.54, 1.807) is 6.92 Å². The monoisotopic (exact) mass is 299 g/mol. The average Bonchev–Trinajstić information content (AvgIpc) is 2.28. The molecule has 6 heteroatoms. The summed E-state index contributed by atoms with van der Waals surface area (Å²) in [7, 11) is 0. The fourth-order valence-electron chi connectivity index (χ4n) is 1.47. The molecule has 2 N–H and O–H groups in total. The van der Waals surface area contributed by atoms with Crippen molar-refractivity contribution < 1.29 is 19.1 Å². The lowest BCUT2D eigenvalue weighted by atomic mass is 10.1. The van der Waals surface area contributed by atoms with Crippen molar-refractivity contribution in [3.05, 3.63) is 29.6 Å². The first-order valence-corrected chi connectivity index (χ1v) is 6.99. The SMILES string of the molecule is CC(Sc1ccc(F)c(C(=O)O)c1)C(=O)NC(C)(C)C. The van der Waals surface area contributed by atoms with Crippen molar-refractivity contribution in [3.8, 4) is 0 Å². The molecule has 0 aliphatic rings. The highest BCUT2D eigenvalue weighted by molar-refractivity contribution is 8.00. The minimum atomic E-state index is -1.32. The first kappa shape index (κ1) is 16.5. The summed E-state index contributed by atoms with van der Waals surface area (Å²) in [6.45, 7) is 7.35. The molecule has 0 saturated carbocycles. The maximum atomic E-state index is 13.3. The molecule has 0 aromatic heterocycles. The lowest BCUT2D eigenvalue weighted by molar-refractivity contribution is -0.121. The van der Waals surface area contributed by atoms with Crippen LogP contribution < -0.4 is 5.32 Å². The van der Waals surface area contributed by atoms with Gasteiger partial charge in [-0.25, -0.2) is 9.18 Å². The molecule has 1 aromatic rings. The molecule has 1 aromatic carbocycles. The number of hydrogen-bond acceptors (Lipinski definition) is 3. The second kappa shape index (κ2) is 6.26. The molecule has 0 fully saturated rings. The number of thioether (sulfide) groups is 1. The Kier molecular flexibility index (Phi) is 5.16. The number of carboxylic acids is 1. The fourth-order valence-corrected chi connectivity index (χ4v) is 2.38. The van der Waals surface area contributed by atoms with Gasteiger partial charge in [-0.15, -0.1) is 11.8 Å². The molecule has 1 rings (SSSR count). The number of hydrogen-bond donors (Lipinski definition) is 2. The molecule has 0 heterocycles. The van der Waals surface area contributed by atoms with E-state index in [4.69, 9.17) is 5.11 Å². The van der Waals surface area contributed by atoms with Crippen molar-refractivity contribution in [1.82, 2.24) is 5.32 Å². The third kappa shape index (κ3) is 4.85. The van der Waals surface area contributed by atoms with E-state index in [1.165, 1.54) is 23.9 Å². The summed E-state index contributed by atoms with van der Waals surface area (Å²) in [5.41, 5.74) is -0.723. The molecule has 0 radical (unpaired) electrons. The van der Waals surface area contributed by atoms with E-state index in [0.29, 0.717) is 4.90 Å². The number of amides is 1. The van der Waals surface area contributed by atoms with Crippen LogP contribution in [0.4, 0.5) is 4.39 Å². The lowest BCUT2D eigenvalue weighted by Gasteiger charge is -2.23. The smallest absolute Gasteiger partial charge is 0.338 e. The Hall–Kier alpha value is -1.56. The number of halogens is 1. The number of carbonyl (C=O) groups excluding carboxylic acids is 1. The van der Waals surface area contributed by atoms with Crippen LogP contribution in [0.3, 0.4) is 0 Å². The first-order valence-electron chi connectivity index (χ1n) is 6.11. The Bertz CT molecular complexity index is 526. The Labute approximate surface area is 121 Å². The third-order valence-corrected chi connectivity index (χ3v) is 3.44. The van der Waals surface area contributed by atoms with Crippen LogP contribution in [0.15, 0.2) is 23.1 Å². The van der Waals surface area contributed by atoms with E-state index < -0.39 is 22.6 Å². The minimum absolute atomic E-state index is 0.149. The fraction of sp³-hybridized carbons (Fsp3) is 0.429. The Morgan fingerprint density at radius 1 is 1.35 bits per heavy atom. The van der Waals surface area contributed by atoms with Gasteiger partial charge in [-0.3, -0.25) is 4.79 Å². The van der Waals surface area contributed by atoms with Crippen molar-refractivity contribution in [1.29, 1.82) is 0 Å². The zero-order chi connectivity index (χ0) is 15.5. The molecular formula is C14H18FNO3S. The Morgan fingerprint density at radius 3 is 2.45 bits per heavy atom.